The van der Waals surface area contributed by atoms with Gasteiger partial charge in [0.05, 0.1) is 18.1 Å². The number of imidazole rings is 1. The summed E-state index contributed by atoms with van der Waals surface area (Å²) in [5.74, 6) is 0.861. The van der Waals surface area contributed by atoms with E-state index in [9.17, 15) is 9.59 Å². The van der Waals surface area contributed by atoms with Gasteiger partial charge in [-0.2, -0.15) is 0 Å². The van der Waals surface area contributed by atoms with Gasteiger partial charge in [0.25, 0.3) is 5.91 Å². The molecule has 2 aromatic heterocycles. The Labute approximate surface area is 214 Å². The largest absolute Gasteiger partial charge is 0.497 e. The van der Waals surface area contributed by atoms with Crippen molar-refractivity contribution < 1.29 is 13.9 Å². The van der Waals surface area contributed by atoms with Crippen LogP contribution in [0.15, 0.2) is 69.9 Å². The maximum atomic E-state index is 12.4. The van der Waals surface area contributed by atoms with E-state index < -0.39 is 11.5 Å². The van der Waals surface area contributed by atoms with E-state index >= 15 is 0 Å². The fourth-order valence-electron chi connectivity index (χ4n) is 4.31. The maximum absolute atomic E-state index is 12.4. The second-order valence-electron chi connectivity index (χ2n) is 8.36. The van der Waals surface area contributed by atoms with Gasteiger partial charge in [-0.15, -0.1) is 0 Å². The lowest BCUT2D eigenvalue weighted by atomic mass is 10.1. The molecule has 2 N–H and O–H groups in total. The van der Waals surface area contributed by atoms with Crippen LogP contribution in [0.5, 0.6) is 5.75 Å². The first kappa shape index (κ1) is 23.1. The number of benzene rings is 3. The van der Waals surface area contributed by atoms with Gasteiger partial charge in [-0.25, -0.2) is 9.78 Å². The first-order valence-corrected chi connectivity index (χ1v) is 12.1. The summed E-state index contributed by atoms with van der Waals surface area (Å²) in [7, 11) is 1.64. The smallest absolute Gasteiger partial charge is 0.349 e. The van der Waals surface area contributed by atoms with Crippen molar-refractivity contribution in [2.45, 2.75) is 19.9 Å². The van der Waals surface area contributed by atoms with Crippen LogP contribution in [0.3, 0.4) is 0 Å². The van der Waals surface area contributed by atoms with Crippen molar-refractivity contribution in [1.29, 1.82) is 0 Å². The highest BCUT2D eigenvalue weighted by molar-refractivity contribution is 14.1. The van der Waals surface area contributed by atoms with E-state index in [0.29, 0.717) is 29.5 Å². The van der Waals surface area contributed by atoms with E-state index in [1.165, 1.54) is 0 Å². The molecule has 0 aliphatic carbocycles. The Hall–Kier alpha value is -3.66. The fourth-order valence-corrected chi connectivity index (χ4v) is 4.67. The number of nitrogens with two attached hydrogens (primary N) is 1. The number of hydrogen-bond donors (Lipinski definition) is 1. The molecule has 0 radical (unpaired) electrons. The molecule has 35 heavy (non-hydrogen) atoms. The van der Waals surface area contributed by atoms with Crippen molar-refractivity contribution in [3.63, 3.8) is 0 Å². The van der Waals surface area contributed by atoms with Crippen molar-refractivity contribution in [1.82, 2.24) is 9.55 Å². The average molecular weight is 579 g/mol. The quantitative estimate of drug-likeness (QED) is 0.230. The Morgan fingerprint density at radius 3 is 2.43 bits per heavy atom. The summed E-state index contributed by atoms with van der Waals surface area (Å²) in [5.41, 5.74) is 9.26. The van der Waals surface area contributed by atoms with Gasteiger partial charge in [-0.3, -0.25) is 4.79 Å². The summed E-state index contributed by atoms with van der Waals surface area (Å²) in [6.07, 6.45) is 0.606. The second kappa shape index (κ2) is 9.18. The van der Waals surface area contributed by atoms with Crippen LogP contribution in [0.25, 0.3) is 22.0 Å². The number of halogens is 1. The number of carbonyl (C=O) groups is 1. The summed E-state index contributed by atoms with van der Waals surface area (Å²) in [6, 6.07) is 19.9. The van der Waals surface area contributed by atoms with Gasteiger partial charge in [-0.05, 0) is 76.5 Å². The highest BCUT2D eigenvalue weighted by Gasteiger charge is 2.19. The number of primary amides is 1. The van der Waals surface area contributed by atoms with Crippen LogP contribution in [0.2, 0.25) is 0 Å². The Balaban J connectivity index is 1.70. The van der Waals surface area contributed by atoms with Crippen LogP contribution >= 0.6 is 22.6 Å². The Morgan fingerprint density at radius 2 is 1.77 bits per heavy atom. The van der Waals surface area contributed by atoms with Gasteiger partial charge in [0.15, 0.2) is 0 Å². The molecule has 0 fully saturated rings. The first-order valence-electron chi connectivity index (χ1n) is 11.0. The average Bonchev–Trinajstić information content (AvgIpc) is 3.15. The first-order chi connectivity index (χ1) is 16.8. The minimum atomic E-state index is -0.803. The standard InChI is InChI=1S/C27H22IN3O4/c1-15-20-12-21-22(13-23(20)35-27(33)25(15)26(29)32)31(14-17-3-7-18(28)8-4-17)24(30-21)11-16-5-9-19(34-2)10-6-16/h3-10,12-13H,11,14H2,1-2H3,(H2,29,32). The van der Waals surface area contributed by atoms with Gasteiger partial charge < -0.3 is 19.5 Å². The molecule has 2 heterocycles. The number of rotatable bonds is 6. The number of methoxy groups -OCH3 is 1. The molecule has 7 nitrogen and oxygen atoms in total. The summed E-state index contributed by atoms with van der Waals surface area (Å²) in [4.78, 5) is 29.2. The monoisotopic (exact) mass is 579 g/mol. The molecule has 8 heteroatoms. The number of carbonyl (C=O) groups excluding carboxylic acids is 1. The zero-order valence-electron chi connectivity index (χ0n) is 19.2. The molecule has 5 aromatic rings. The predicted molar refractivity (Wildman–Crippen MR) is 143 cm³/mol. The molecule has 0 aliphatic rings. The number of ether oxygens (including phenoxy) is 1. The van der Waals surface area contributed by atoms with E-state index in [0.717, 1.165) is 37.3 Å². The SMILES string of the molecule is COc1ccc(Cc2nc3cc4c(C)c(C(N)=O)c(=O)oc4cc3n2Cc2ccc(I)cc2)cc1. The highest BCUT2D eigenvalue weighted by Crippen LogP contribution is 2.28. The highest BCUT2D eigenvalue weighted by atomic mass is 127. The number of fused-ring (bicyclic) bond motifs is 2. The Morgan fingerprint density at radius 1 is 1.09 bits per heavy atom. The van der Waals surface area contributed by atoms with E-state index in [2.05, 4.69) is 51.4 Å². The minimum absolute atomic E-state index is 0.131. The molecule has 0 aliphatic heterocycles. The zero-order valence-corrected chi connectivity index (χ0v) is 21.3. The summed E-state index contributed by atoms with van der Waals surface area (Å²) >= 11 is 2.29. The fraction of sp³-hybridized carbons (Fsp3) is 0.148. The van der Waals surface area contributed by atoms with Crippen molar-refractivity contribution in [2.75, 3.05) is 7.11 Å². The molecule has 0 spiro atoms. The van der Waals surface area contributed by atoms with Crippen molar-refractivity contribution in [3.8, 4) is 5.75 Å². The third-order valence-corrected chi connectivity index (χ3v) is 6.86. The molecule has 0 saturated carbocycles. The lowest BCUT2D eigenvalue weighted by molar-refractivity contribution is 0.0996. The molecule has 3 aromatic carbocycles. The number of aromatic nitrogens is 2. The molecule has 1 amide bonds. The van der Waals surface area contributed by atoms with Crippen molar-refractivity contribution in [3.05, 3.63) is 103 Å². The Kier molecular flexibility index (Phi) is 6.06. The molecule has 176 valence electrons. The third-order valence-electron chi connectivity index (χ3n) is 6.14. The summed E-state index contributed by atoms with van der Waals surface area (Å²) in [5, 5.41) is 0.640. The molecule has 0 saturated heterocycles. The number of nitrogens with zero attached hydrogens (tertiary/aromatic N) is 2. The van der Waals surface area contributed by atoms with Crippen LogP contribution in [0, 0.1) is 10.5 Å². The van der Waals surface area contributed by atoms with Gasteiger partial charge in [-0.1, -0.05) is 24.3 Å². The van der Waals surface area contributed by atoms with Gasteiger partial charge in [0, 0.05) is 28.0 Å². The lowest BCUT2D eigenvalue weighted by Gasteiger charge is -2.11. The van der Waals surface area contributed by atoms with E-state index in [1.54, 1.807) is 14.0 Å². The van der Waals surface area contributed by atoms with Gasteiger partial charge in [0.1, 0.15) is 22.7 Å². The molecule has 0 atom stereocenters. The lowest BCUT2D eigenvalue weighted by Crippen LogP contribution is -2.22. The number of amides is 1. The Bertz CT molecular complexity index is 1630. The zero-order chi connectivity index (χ0) is 24.7. The van der Waals surface area contributed by atoms with E-state index in [-0.39, 0.29) is 5.56 Å². The number of hydrogen-bond acceptors (Lipinski definition) is 5. The van der Waals surface area contributed by atoms with Crippen molar-refractivity contribution in [2.24, 2.45) is 5.73 Å². The molecule has 0 bridgehead atoms. The van der Waals surface area contributed by atoms with E-state index in [4.69, 9.17) is 19.9 Å². The normalized spacial score (nSPS) is 11.3. The maximum Gasteiger partial charge on any atom is 0.349 e. The molecular weight excluding hydrogens is 557 g/mol. The molecular formula is C27H22IN3O4. The van der Waals surface area contributed by atoms with Gasteiger partial charge in [0.2, 0.25) is 0 Å². The predicted octanol–water partition coefficient (Wildman–Crippen LogP) is 4.80. The topological polar surface area (TPSA) is 100 Å². The van der Waals surface area contributed by atoms with Crippen molar-refractivity contribution >= 4 is 50.5 Å². The van der Waals surface area contributed by atoms with E-state index in [1.807, 2.05) is 36.4 Å². The molecule has 5 rings (SSSR count). The van der Waals surface area contributed by atoms with Crippen LogP contribution in [0.4, 0.5) is 0 Å². The minimum Gasteiger partial charge on any atom is -0.497 e. The number of aryl methyl sites for hydroxylation is 1. The van der Waals surface area contributed by atoms with Crippen LogP contribution < -0.4 is 16.1 Å². The van der Waals surface area contributed by atoms with Crippen LogP contribution in [-0.2, 0) is 13.0 Å². The van der Waals surface area contributed by atoms with Crippen LogP contribution in [-0.4, -0.2) is 22.6 Å². The van der Waals surface area contributed by atoms with Gasteiger partial charge >= 0.3 is 5.63 Å². The summed E-state index contributed by atoms with van der Waals surface area (Å²) in [6.45, 7) is 2.30. The summed E-state index contributed by atoms with van der Waals surface area (Å²) < 4.78 is 14.1. The third kappa shape index (κ3) is 4.41. The van der Waals surface area contributed by atoms with Crippen LogP contribution in [0.1, 0.15) is 32.9 Å². The second-order valence-corrected chi connectivity index (χ2v) is 9.60. The molecule has 0 unspecified atom stereocenters.